The predicted octanol–water partition coefficient (Wildman–Crippen LogP) is 3.81. The molecule has 27 heavy (non-hydrogen) atoms. The molecule has 1 aromatic carbocycles. The first kappa shape index (κ1) is 23.1. The Morgan fingerprint density at radius 3 is 2.63 bits per heavy atom. The third-order valence-electron chi connectivity index (χ3n) is 3.79. The zero-order valence-electron chi connectivity index (χ0n) is 15.6. The van der Waals surface area contributed by atoms with E-state index in [1.165, 1.54) is 6.07 Å². The molecule has 0 fully saturated rings. The van der Waals surface area contributed by atoms with Crippen molar-refractivity contribution in [2.75, 3.05) is 13.1 Å². The van der Waals surface area contributed by atoms with Gasteiger partial charge in [-0.15, -0.1) is 24.0 Å². The van der Waals surface area contributed by atoms with Crippen LogP contribution in [-0.2, 0) is 13.0 Å². The van der Waals surface area contributed by atoms with Gasteiger partial charge in [-0.05, 0) is 33.3 Å². The van der Waals surface area contributed by atoms with Gasteiger partial charge in [-0.1, -0.05) is 23.4 Å². The quantitative estimate of drug-likeness (QED) is 0.332. The number of nitrogens with zero attached hydrogens (tertiary/aromatic N) is 2. The van der Waals surface area contributed by atoms with E-state index in [1.54, 1.807) is 18.2 Å². The van der Waals surface area contributed by atoms with Gasteiger partial charge in [0.15, 0.2) is 5.96 Å². The maximum Gasteiger partial charge on any atom is 0.387 e. The standard InChI is InChI=1S/C18H24F2N4O2.HI/c1-4-21-18(22-10-9-15-12(2)24-26-13(15)3)23-11-14-7-5-6-8-16(14)25-17(19)20;/h5-8,17H,4,9-11H2,1-3H3,(H2,21,22,23);1H. The molecule has 1 heterocycles. The molecule has 2 aromatic rings. The Kier molecular flexibility index (Phi) is 10.0. The zero-order chi connectivity index (χ0) is 18.9. The number of para-hydroxylation sites is 1. The number of hydrogen-bond acceptors (Lipinski definition) is 4. The summed E-state index contributed by atoms with van der Waals surface area (Å²) in [6, 6.07) is 6.64. The third-order valence-corrected chi connectivity index (χ3v) is 3.79. The van der Waals surface area contributed by atoms with Crippen LogP contribution >= 0.6 is 24.0 Å². The Morgan fingerprint density at radius 1 is 1.26 bits per heavy atom. The number of aliphatic imine (C=N–C) groups is 1. The number of alkyl halides is 2. The van der Waals surface area contributed by atoms with Crippen molar-refractivity contribution in [1.82, 2.24) is 15.8 Å². The fourth-order valence-corrected chi connectivity index (χ4v) is 2.52. The first-order valence-corrected chi connectivity index (χ1v) is 8.48. The number of aromatic nitrogens is 1. The maximum atomic E-state index is 12.5. The van der Waals surface area contributed by atoms with Crippen molar-refractivity contribution in [3.8, 4) is 5.75 Å². The molecule has 0 unspecified atom stereocenters. The van der Waals surface area contributed by atoms with Gasteiger partial charge >= 0.3 is 6.61 Å². The lowest BCUT2D eigenvalue weighted by Crippen LogP contribution is -2.38. The molecule has 0 bridgehead atoms. The van der Waals surface area contributed by atoms with E-state index in [0.717, 1.165) is 23.4 Å². The molecule has 0 radical (unpaired) electrons. The summed E-state index contributed by atoms with van der Waals surface area (Å²) in [4.78, 5) is 4.45. The van der Waals surface area contributed by atoms with Crippen LogP contribution in [0.2, 0.25) is 0 Å². The molecule has 6 nitrogen and oxygen atoms in total. The molecular weight excluding hydrogens is 469 g/mol. The molecule has 0 aliphatic rings. The largest absolute Gasteiger partial charge is 0.434 e. The summed E-state index contributed by atoms with van der Waals surface area (Å²) in [6.07, 6.45) is 0.747. The second-order valence-electron chi connectivity index (χ2n) is 5.66. The van der Waals surface area contributed by atoms with Crippen LogP contribution in [0.5, 0.6) is 5.75 Å². The smallest absolute Gasteiger partial charge is 0.387 e. The van der Waals surface area contributed by atoms with Crippen LogP contribution in [0, 0.1) is 13.8 Å². The molecule has 0 atom stereocenters. The fraction of sp³-hybridized carbons (Fsp3) is 0.444. The highest BCUT2D eigenvalue weighted by atomic mass is 127. The van der Waals surface area contributed by atoms with Gasteiger partial charge in [0.25, 0.3) is 0 Å². The number of guanidine groups is 1. The minimum atomic E-state index is -2.86. The average molecular weight is 494 g/mol. The highest BCUT2D eigenvalue weighted by Crippen LogP contribution is 2.21. The number of hydrogen-bond donors (Lipinski definition) is 2. The number of aryl methyl sites for hydroxylation is 2. The monoisotopic (exact) mass is 494 g/mol. The summed E-state index contributed by atoms with van der Waals surface area (Å²) in [5.41, 5.74) is 2.55. The molecular formula is C18H25F2IN4O2. The number of ether oxygens (including phenoxy) is 1. The van der Waals surface area contributed by atoms with Crippen LogP contribution < -0.4 is 15.4 Å². The third kappa shape index (κ3) is 7.31. The molecule has 2 rings (SSSR count). The molecule has 0 amide bonds. The highest BCUT2D eigenvalue weighted by molar-refractivity contribution is 14.0. The van der Waals surface area contributed by atoms with Crippen molar-refractivity contribution < 1.29 is 18.0 Å². The van der Waals surface area contributed by atoms with Gasteiger partial charge in [-0.2, -0.15) is 8.78 Å². The minimum Gasteiger partial charge on any atom is -0.434 e. The Morgan fingerprint density at radius 2 is 2.00 bits per heavy atom. The zero-order valence-corrected chi connectivity index (χ0v) is 17.9. The second kappa shape index (κ2) is 11.7. The van der Waals surface area contributed by atoms with E-state index in [2.05, 4.69) is 25.5 Å². The van der Waals surface area contributed by atoms with Crippen molar-refractivity contribution in [2.45, 2.75) is 40.3 Å². The Balaban J connectivity index is 0.00000364. The van der Waals surface area contributed by atoms with Crippen LogP contribution in [0.4, 0.5) is 8.78 Å². The van der Waals surface area contributed by atoms with Gasteiger partial charge in [0.1, 0.15) is 11.5 Å². The lowest BCUT2D eigenvalue weighted by molar-refractivity contribution is -0.0504. The van der Waals surface area contributed by atoms with E-state index in [0.29, 0.717) is 24.6 Å². The lowest BCUT2D eigenvalue weighted by atomic mass is 10.1. The summed E-state index contributed by atoms with van der Waals surface area (Å²) in [5.74, 6) is 1.55. The van der Waals surface area contributed by atoms with Crippen molar-refractivity contribution in [2.24, 2.45) is 4.99 Å². The topological polar surface area (TPSA) is 71.7 Å². The summed E-state index contributed by atoms with van der Waals surface area (Å²) < 4.78 is 34.7. The van der Waals surface area contributed by atoms with Gasteiger partial charge in [0.05, 0.1) is 12.2 Å². The molecule has 1 aromatic heterocycles. The van der Waals surface area contributed by atoms with Gasteiger partial charge in [0.2, 0.25) is 0 Å². The molecule has 2 N–H and O–H groups in total. The molecule has 0 aliphatic carbocycles. The van der Waals surface area contributed by atoms with E-state index in [1.807, 2.05) is 20.8 Å². The van der Waals surface area contributed by atoms with Crippen molar-refractivity contribution in [3.05, 3.63) is 46.8 Å². The lowest BCUT2D eigenvalue weighted by Gasteiger charge is -2.12. The maximum absolute atomic E-state index is 12.5. The summed E-state index contributed by atoms with van der Waals surface area (Å²) in [5, 5.41) is 10.3. The Hall–Kier alpha value is -1.91. The number of benzene rings is 1. The summed E-state index contributed by atoms with van der Waals surface area (Å²) >= 11 is 0. The van der Waals surface area contributed by atoms with E-state index in [-0.39, 0.29) is 36.3 Å². The number of rotatable bonds is 8. The van der Waals surface area contributed by atoms with E-state index < -0.39 is 6.61 Å². The Bertz CT molecular complexity index is 718. The van der Waals surface area contributed by atoms with E-state index in [4.69, 9.17) is 4.52 Å². The van der Waals surface area contributed by atoms with Crippen molar-refractivity contribution >= 4 is 29.9 Å². The molecule has 150 valence electrons. The van der Waals surface area contributed by atoms with E-state index >= 15 is 0 Å². The molecule has 0 aliphatic heterocycles. The van der Waals surface area contributed by atoms with Crippen molar-refractivity contribution in [1.29, 1.82) is 0 Å². The summed E-state index contributed by atoms with van der Waals surface area (Å²) in [7, 11) is 0. The van der Waals surface area contributed by atoms with Gasteiger partial charge in [0, 0.05) is 24.2 Å². The van der Waals surface area contributed by atoms with Crippen LogP contribution in [-0.4, -0.2) is 30.8 Å². The van der Waals surface area contributed by atoms with E-state index in [9.17, 15) is 8.78 Å². The second-order valence-corrected chi connectivity index (χ2v) is 5.66. The van der Waals surface area contributed by atoms with Gasteiger partial charge in [-0.3, -0.25) is 0 Å². The summed E-state index contributed by atoms with van der Waals surface area (Å²) in [6.45, 7) is 4.44. The average Bonchev–Trinajstić information content (AvgIpc) is 2.92. The molecule has 9 heteroatoms. The van der Waals surface area contributed by atoms with Gasteiger partial charge in [-0.25, -0.2) is 4.99 Å². The first-order valence-electron chi connectivity index (χ1n) is 8.48. The number of nitrogens with one attached hydrogen (secondary N) is 2. The van der Waals surface area contributed by atoms with Crippen molar-refractivity contribution in [3.63, 3.8) is 0 Å². The van der Waals surface area contributed by atoms with Crippen LogP contribution in [0.15, 0.2) is 33.8 Å². The highest BCUT2D eigenvalue weighted by Gasteiger charge is 2.10. The predicted molar refractivity (Wildman–Crippen MR) is 111 cm³/mol. The van der Waals surface area contributed by atoms with Gasteiger partial charge < -0.3 is 19.9 Å². The van der Waals surface area contributed by atoms with Crippen LogP contribution in [0.1, 0.15) is 29.5 Å². The molecule has 0 saturated carbocycles. The Labute approximate surface area is 174 Å². The first-order chi connectivity index (χ1) is 12.5. The number of halogens is 3. The SMILES string of the molecule is CCNC(=NCc1ccccc1OC(F)F)NCCc1c(C)noc1C.I. The molecule has 0 spiro atoms. The normalized spacial score (nSPS) is 11.3. The minimum absolute atomic E-state index is 0. The van der Waals surface area contributed by atoms with Crippen LogP contribution in [0.3, 0.4) is 0 Å². The van der Waals surface area contributed by atoms with Crippen LogP contribution in [0.25, 0.3) is 0 Å². The fourth-order valence-electron chi connectivity index (χ4n) is 2.52. The molecule has 0 saturated heterocycles.